The second kappa shape index (κ2) is 5.76. The van der Waals surface area contributed by atoms with Crippen LogP contribution < -0.4 is 10.5 Å². The highest BCUT2D eigenvalue weighted by molar-refractivity contribution is 14.1. The van der Waals surface area contributed by atoms with Crippen molar-refractivity contribution < 1.29 is 17.6 Å². The van der Waals surface area contributed by atoms with Gasteiger partial charge >= 0.3 is 0 Å². The smallest absolute Gasteiger partial charge is 0.256 e. The molecule has 1 aromatic carbocycles. The van der Waals surface area contributed by atoms with Gasteiger partial charge in [0.25, 0.3) is 5.91 Å². The zero-order valence-corrected chi connectivity index (χ0v) is 13.6. The van der Waals surface area contributed by atoms with Crippen molar-refractivity contribution in [1.29, 1.82) is 0 Å². The summed E-state index contributed by atoms with van der Waals surface area (Å²) in [5.74, 6) is -1.33. The van der Waals surface area contributed by atoms with Gasteiger partial charge in [-0.05, 0) is 46.9 Å². The summed E-state index contributed by atoms with van der Waals surface area (Å²) in [5, 5.41) is 8.91. The lowest BCUT2D eigenvalue weighted by Crippen LogP contribution is -2.15. The van der Waals surface area contributed by atoms with Crippen molar-refractivity contribution in [2.45, 2.75) is 4.90 Å². The minimum Gasteiger partial charge on any atom is -0.319 e. The number of sulfonamides is 1. The Bertz CT molecular complexity index is 774. The quantitative estimate of drug-likeness (QED) is 0.739. The molecule has 0 bridgehead atoms. The lowest BCUT2D eigenvalue weighted by molar-refractivity contribution is 0.102. The van der Waals surface area contributed by atoms with Crippen LogP contribution >= 0.6 is 33.9 Å². The third kappa shape index (κ3) is 3.53. The van der Waals surface area contributed by atoms with Crippen LogP contribution in [0.3, 0.4) is 0 Å². The van der Waals surface area contributed by atoms with Crippen molar-refractivity contribution in [3.8, 4) is 0 Å². The summed E-state index contributed by atoms with van der Waals surface area (Å²) in [5.41, 5.74) is 0.304. The average molecular weight is 426 g/mol. The van der Waals surface area contributed by atoms with Crippen LogP contribution in [0.25, 0.3) is 0 Å². The first kappa shape index (κ1) is 15.4. The van der Waals surface area contributed by atoms with E-state index in [9.17, 15) is 17.6 Å². The summed E-state index contributed by atoms with van der Waals surface area (Å²) < 4.78 is 36.8. The zero-order valence-electron chi connectivity index (χ0n) is 9.76. The predicted octanol–water partition coefficient (Wildman–Crippen LogP) is 2.39. The predicted molar refractivity (Wildman–Crippen MR) is 82.8 cm³/mol. The molecular weight excluding hydrogens is 418 g/mol. The monoisotopic (exact) mass is 426 g/mol. The molecule has 1 aromatic heterocycles. The molecule has 3 N–H and O–H groups in total. The molecule has 9 heteroatoms. The fourth-order valence-corrected chi connectivity index (χ4v) is 3.25. The fraction of sp³-hybridized carbons (Fsp3) is 0. The maximum absolute atomic E-state index is 13.7. The van der Waals surface area contributed by atoms with Crippen molar-refractivity contribution >= 4 is 55.5 Å². The van der Waals surface area contributed by atoms with E-state index in [1.807, 2.05) is 0 Å². The van der Waals surface area contributed by atoms with Crippen molar-refractivity contribution in [3.63, 3.8) is 0 Å². The molecule has 0 atom stereocenters. The number of benzene rings is 1. The maximum Gasteiger partial charge on any atom is 0.256 e. The van der Waals surface area contributed by atoms with Gasteiger partial charge in [0.2, 0.25) is 10.0 Å². The Morgan fingerprint density at radius 3 is 2.55 bits per heavy atom. The second-order valence-electron chi connectivity index (χ2n) is 3.78. The van der Waals surface area contributed by atoms with Gasteiger partial charge in [-0.15, -0.1) is 11.3 Å². The highest BCUT2D eigenvalue weighted by Gasteiger charge is 2.14. The van der Waals surface area contributed by atoms with Gasteiger partial charge in [0.15, 0.2) is 0 Å². The molecule has 0 radical (unpaired) electrons. The van der Waals surface area contributed by atoms with E-state index in [-0.39, 0.29) is 10.6 Å². The van der Waals surface area contributed by atoms with E-state index >= 15 is 0 Å². The highest BCUT2D eigenvalue weighted by Crippen LogP contribution is 2.21. The van der Waals surface area contributed by atoms with E-state index in [2.05, 4.69) is 27.9 Å². The van der Waals surface area contributed by atoms with Crippen LogP contribution in [-0.4, -0.2) is 14.3 Å². The Labute approximate surface area is 132 Å². The normalized spacial score (nSPS) is 11.3. The van der Waals surface area contributed by atoms with Gasteiger partial charge in [-0.25, -0.2) is 17.9 Å². The van der Waals surface area contributed by atoms with E-state index in [4.69, 9.17) is 5.14 Å². The molecule has 0 spiro atoms. The first-order valence-corrected chi connectivity index (χ1v) is 8.65. The molecule has 0 fully saturated rings. The second-order valence-corrected chi connectivity index (χ2v) is 8.15. The molecule has 2 rings (SSSR count). The first-order chi connectivity index (χ1) is 9.27. The summed E-state index contributed by atoms with van der Waals surface area (Å²) in [6.07, 6.45) is 0. The number of halogens is 2. The molecule has 0 saturated heterocycles. The molecule has 1 amide bonds. The summed E-state index contributed by atoms with van der Waals surface area (Å²) in [6, 6.07) is 4.72. The van der Waals surface area contributed by atoms with Gasteiger partial charge in [-0.1, -0.05) is 0 Å². The number of carbonyl (C=O) groups excluding carboxylic acids is 1. The van der Waals surface area contributed by atoms with Gasteiger partial charge in [-0.2, -0.15) is 0 Å². The van der Waals surface area contributed by atoms with Gasteiger partial charge in [0.1, 0.15) is 5.82 Å². The number of thiophene rings is 1. The van der Waals surface area contributed by atoms with E-state index < -0.39 is 21.7 Å². The number of anilines is 1. The van der Waals surface area contributed by atoms with Crippen LogP contribution in [0.15, 0.2) is 34.5 Å². The topological polar surface area (TPSA) is 89.3 Å². The molecule has 2 aromatic rings. The van der Waals surface area contributed by atoms with Crippen molar-refractivity contribution in [2.24, 2.45) is 5.14 Å². The third-order valence-electron chi connectivity index (χ3n) is 2.35. The lowest BCUT2D eigenvalue weighted by Gasteiger charge is -2.06. The van der Waals surface area contributed by atoms with Crippen LogP contribution in [0.1, 0.15) is 10.4 Å². The maximum atomic E-state index is 13.7. The van der Waals surface area contributed by atoms with Crippen LogP contribution in [-0.2, 0) is 10.0 Å². The number of carbonyl (C=O) groups is 1. The highest BCUT2D eigenvalue weighted by atomic mass is 127. The van der Waals surface area contributed by atoms with E-state index in [1.165, 1.54) is 11.3 Å². The largest absolute Gasteiger partial charge is 0.319 e. The average Bonchev–Trinajstić information content (AvgIpc) is 2.77. The number of primary sulfonamides is 1. The number of nitrogens with one attached hydrogen (secondary N) is 1. The summed E-state index contributed by atoms with van der Waals surface area (Å²) in [6.45, 7) is 0. The van der Waals surface area contributed by atoms with E-state index in [0.29, 0.717) is 5.56 Å². The molecule has 1 heterocycles. The molecule has 0 aliphatic rings. The van der Waals surface area contributed by atoms with E-state index in [1.54, 1.807) is 11.4 Å². The van der Waals surface area contributed by atoms with Crippen LogP contribution in [0.4, 0.5) is 10.1 Å². The van der Waals surface area contributed by atoms with E-state index in [0.717, 1.165) is 21.1 Å². The Balaban J connectivity index is 2.25. The molecule has 20 heavy (non-hydrogen) atoms. The minimum atomic E-state index is -3.97. The molecule has 0 aliphatic carbocycles. The van der Waals surface area contributed by atoms with Crippen LogP contribution in [0, 0.1) is 8.70 Å². The van der Waals surface area contributed by atoms with Crippen LogP contribution in [0.5, 0.6) is 0 Å². The molecule has 0 unspecified atom stereocenters. The lowest BCUT2D eigenvalue weighted by atomic mass is 10.2. The number of rotatable bonds is 3. The standard InChI is InChI=1S/C11H8FIN2O3S2/c12-8-4-7(20(14,17)18)1-2-9(8)15-11(16)6-3-10(13)19-5-6/h1-5H,(H,15,16)(H2,14,17,18). The Morgan fingerprint density at radius 2 is 2.05 bits per heavy atom. The van der Waals surface area contributed by atoms with Gasteiger partial charge in [0.05, 0.1) is 19.0 Å². The van der Waals surface area contributed by atoms with Gasteiger partial charge in [-0.3, -0.25) is 4.79 Å². The number of hydrogen-bond donors (Lipinski definition) is 2. The number of hydrogen-bond acceptors (Lipinski definition) is 4. The summed E-state index contributed by atoms with van der Waals surface area (Å²) >= 11 is 3.46. The summed E-state index contributed by atoms with van der Waals surface area (Å²) in [7, 11) is -3.97. The third-order valence-corrected chi connectivity index (χ3v) is 5.05. The molecule has 5 nitrogen and oxygen atoms in total. The van der Waals surface area contributed by atoms with Gasteiger partial charge in [0, 0.05) is 5.38 Å². The minimum absolute atomic E-state index is 0.108. The zero-order chi connectivity index (χ0) is 14.9. The van der Waals surface area contributed by atoms with Crippen LogP contribution in [0.2, 0.25) is 0 Å². The molecule has 0 aliphatic heterocycles. The number of nitrogens with two attached hydrogens (primary N) is 1. The van der Waals surface area contributed by atoms with Crippen molar-refractivity contribution in [2.75, 3.05) is 5.32 Å². The SMILES string of the molecule is NS(=O)(=O)c1ccc(NC(=O)c2csc(I)c2)c(F)c1. The van der Waals surface area contributed by atoms with Gasteiger partial charge < -0.3 is 5.32 Å². The summed E-state index contributed by atoms with van der Waals surface area (Å²) in [4.78, 5) is 11.5. The Morgan fingerprint density at radius 1 is 1.35 bits per heavy atom. The fourth-order valence-electron chi connectivity index (χ4n) is 1.40. The first-order valence-electron chi connectivity index (χ1n) is 5.15. The Hall–Kier alpha value is -1.04. The molecule has 0 saturated carbocycles. The van der Waals surface area contributed by atoms with Crippen molar-refractivity contribution in [3.05, 3.63) is 43.9 Å². The molecule has 106 valence electrons. The Kier molecular flexibility index (Phi) is 4.42. The van der Waals surface area contributed by atoms with Crippen molar-refractivity contribution in [1.82, 2.24) is 0 Å². The molecular formula is C11H8FIN2O3S2. The number of amides is 1.